The predicted molar refractivity (Wildman–Crippen MR) is 76.0 cm³/mol. The van der Waals surface area contributed by atoms with Crippen molar-refractivity contribution < 1.29 is 9.84 Å². The third-order valence-corrected chi connectivity index (χ3v) is 2.36. The van der Waals surface area contributed by atoms with Gasteiger partial charge in [-0.15, -0.1) is 0 Å². The molecule has 0 saturated carbocycles. The van der Waals surface area contributed by atoms with Crippen molar-refractivity contribution in [2.75, 3.05) is 12.3 Å². The van der Waals surface area contributed by atoms with Gasteiger partial charge in [0.1, 0.15) is 11.5 Å². The van der Waals surface area contributed by atoms with E-state index in [2.05, 4.69) is 27.4 Å². The summed E-state index contributed by atoms with van der Waals surface area (Å²) in [5, 5.41) is 9.88. The SMILES string of the molecule is C=C(C)Cc1cc(OCC(C)(C)C)cc(N)c1O. The topological polar surface area (TPSA) is 55.5 Å². The third-order valence-electron chi connectivity index (χ3n) is 2.36. The van der Waals surface area contributed by atoms with Crippen LogP contribution in [0, 0.1) is 5.41 Å². The quantitative estimate of drug-likeness (QED) is 0.487. The van der Waals surface area contributed by atoms with E-state index in [0.717, 1.165) is 11.1 Å². The molecule has 0 aliphatic rings. The molecular formula is C15H23NO2. The van der Waals surface area contributed by atoms with E-state index in [1.807, 2.05) is 13.0 Å². The molecule has 0 unspecified atom stereocenters. The average molecular weight is 249 g/mol. The number of nitrogen functional groups attached to an aromatic ring is 1. The summed E-state index contributed by atoms with van der Waals surface area (Å²) < 4.78 is 5.71. The van der Waals surface area contributed by atoms with Gasteiger partial charge in [0.05, 0.1) is 12.3 Å². The van der Waals surface area contributed by atoms with Crippen LogP contribution in [0.1, 0.15) is 33.3 Å². The number of hydrogen-bond acceptors (Lipinski definition) is 3. The minimum Gasteiger partial charge on any atom is -0.505 e. The van der Waals surface area contributed by atoms with Gasteiger partial charge < -0.3 is 15.6 Å². The smallest absolute Gasteiger partial charge is 0.142 e. The summed E-state index contributed by atoms with van der Waals surface area (Å²) in [5.74, 6) is 0.817. The first-order valence-corrected chi connectivity index (χ1v) is 6.07. The maximum atomic E-state index is 9.88. The second-order valence-corrected chi connectivity index (χ2v) is 6.00. The number of allylic oxidation sites excluding steroid dienone is 1. The first-order chi connectivity index (χ1) is 8.19. The van der Waals surface area contributed by atoms with Crippen molar-refractivity contribution in [3.63, 3.8) is 0 Å². The van der Waals surface area contributed by atoms with Gasteiger partial charge >= 0.3 is 0 Å². The number of aromatic hydroxyl groups is 1. The van der Waals surface area contributed by atoms with Gasteiger partial charge in [-0.2, -0.15) is 0 Å². The Morgan fingerprint density at radius 1 is 1.39 bits per heavy atom. The highest BCUT2D eigenvalue weighted by Crippen LogP contribution is 2.32. The van der Waals surface area contributed by atoms with Crippen molar-refractivity contribution in [3.8, 4) is 11.5 Å². The number of anilines is 1. The Kier molecular flexibility index (Phi) is 4.28. The molecule has 0 aliphatic carbocycles. The Hall–Kier alpha value is -1.64. The fraction of sp³-hybridized carbons (Fsp3) is 0.467. The highest BCUT2D eigenvalue weighted by Gasteiger charge is 2.13. The lowest BCUT2D eigenvalue weighted by Crippen LogP contribution is -2.17. The van der Waals surface area contributed by atoms with Crippen LogP contribution in [-0.4, -0.2) is 11.7 Å². The summed E-state index contributed by atoms with van der Waals surface area (Å²) in [6.07, 6.45) is 0.600. The van der Waals surface area contributed by atoms with Gasteiger partial charge in [0.15, 0.2) is 0 Å². The van der Waals surface area contributed by atoms with Gasteiger partial charge in [-0.3, -0.25) is 0 Å². The molecule has 18 heavy (non-hydrogen) atoms. The number of benzene rings is 1. The first kappa shape index (κ1) is 14.4. The van der Waals surface area contributed by atoms with Crippen molar-refractivity contribution in [2.45, 2.75) is 34.1 Å². The van der Waals surface area contributed by atoms with Crippen molar-refractivity contribution in [1.82, 2.24) is 0 Å². The highest BCUT2D eigenvalue weighted by molar-refractivity contribution is 5.60. The monoisotopic (exact) mass is 249 g/mol. The normalized spacial score (nSPS) is 11.3. The minimum absolute atomic E-state index is 0.0845. The summed E-state index contributed by atoms with van der Waals surface area (Å²) in [7, 11) is 0. The van der Waals surface area contributed by atoms with E-state index in [9.17, 15) is 5.11 Å². The van der Waals surface area contributed by atoms with Gasteiger partial charge in [-0.25, -0.2) is 0 Å². The lowest BCUT2D eigenvalue weighted by atomic mass is 9.98. The number of phenols is 1. The molecule has 0 bridgehead atoms. The molecule has 1 aromatic carbocycles. The summed E-state index contributed by atoms with van der Waals surface area (Å²) in [6, 6.07) is 3.48. The van der Waals surface area contributed by atoms with Gasteiger partial charge in [0.25, 0.3) is 0 Å². The largest absolute Gasteiger partial charge is 0.505 e. The molecule has 0 spiro atoms. The summed E-state index contributed by atoms with van der Waals surface area (Å²) in [6.45, 7) is 12.7. The van der Waals surface area contributed by atoms with Gasteiger partial charge in [-0.05, 0) is 24.8 Å². The zero-order valence-electron chi connectivity index (χ0n) is 11.7. The molecule has 0 atom stereocenters. The van der Waals surface area contributed by atoms with Gasteiger partial charge in [0, 0.05) is 11.6 Å². The molecule has 0 aromatic heterocycles. The van der Waals surface area contributed by atoms with Crippen molar-refractivity contribution >= 4 is 5.69 Å². The molecule has 1 rings (SSSR count). The van der Waals surface area contributed by atoms with Crippen molar-refractivity contribution in [1.29, 1.82) is 0 Å². The van der Waals surface area contributed by atoms with Crippen LogP contribution in [0.3, 0.4) is 0 Å². The van der Waals surface area contributed by atoms with Crippen LogP contribution in [0.2, 0.25) is 0 Å². The first-order valence-electron chi connectivity index (χ1n) is 6.07. The number of ether oxygens (including phenoxy) is 1. The summed E-state index contributed by atoms with van der Waals surface area (Å²) >= 11 is 0. The van der Waals surface area contributed by atoms with Crippen LogP contribution in [0.5, 0.6) is 11.5 Å². The molecule has 0 heterocycles. The van der Waals surface area contributed by atoms with E-state index in [4.69, 9.17) is 10.5 Å². The standard InChI is InChI=1S/C15H23NO2/c1-10(2)6-11-7-12(8-13(16)14(11)17)18-9-15(3,4)5/h7-8,17H,1,6,9,16H2,2-5H3. The van der Waals surface area contributed by atoms with Crippen LogP contribution in [0.25, 0.3) is 0 Å². The Balaban J connectivity index is 2.94. The van der Waals surface area contributed by atoms with Gasteiger partial charge in [-0.1, -0.05) is 32.9 Å². The maximum Gasteiger partial charge on any atom is 0.142 e. The van der Waals surface area contributed by atoms with Crippen LogP contribution in [0.15, 0.2) is 24.3 Å². The third kappa shape index (κ3) is 4.32. The summed E-state index contributed by atoms with van der Waals surface area (Å²) in [4.78, 5) is 0. The fourth-order valence-corrected chi connectivity index (χ4v) is 1.53. The number of nitrogens with two attached hydrogens (primary N) is 1. The van der Waals surface area contributed by atoms with Gasteiger partial charge in [0.2, 0.25) is 0 Å². The fourth-order valence-electron chi connectivity index (χ4n) is 1.53. The molecule has 3 heteroatoms. The average Bonchev–Trinajstić information content (AvgIpc) is 2.20. The summed E-state index contributed by atoms with van der Waals surface area (Å²) in [5.41, 5.74) is 7.93. The molecule has 0 aliphatic heterocycles. The number of rotatable bonds is 4. The predicted octanol–water partition coefficient (Wildman–Crippen LogP) is 3.52. The molecule has 0 amide bonds. The second-order valence-electron chi connectivity index (χ2n) is 6.00. The molecule has 0 radical (unpaired) electrons. The van der Waals surface area contributed by atoms with E-state index >= 15 is 0 Å². The van der Waals surface area contributed by atoms with E-state index < -0.39 is 0 Å². The molecule has 3 N–H and O–H groups in total. The Bertz CT molecular complexity index is 445. The van der Waals surface area contributed by atoms with E-state index in [1.54, 1.807) is 6.07 Å². The molecule has 100 valence electrons. The zero-order valence-corrected chi connectivity index (χ0v) is 11.7. The number of hydrogen-bond donors (Lipinski definition) is 2. The van der Waals surface area contributed by atoms with Crippen LogP contribution in [-0.2, 0) is 6.42 Å². The molecule has 0 saturated heterocycles. The van der Waals surface area contributed by atoms with E-state index in [0.29, 0.717) is 24.5 Å². The number of phenolic OH excluding ortho intramolecular Hbond substituents is 1. The molecule has 1 aromatic rings. The Morgan fingerprint density at radius 2 is 2.00 bits per heavy atom. The van der Waals surface area contributed by atoms with Crippen LogP contribution < -0.4 is 10.5 Å². The Labute approximate surface area is 109 Å². The van der Waals surface area contributed by atoms with E-state index in [1.165, 1.54) is 0 Å². The van der Waals surface area contributed by atoms with Crippen molar-refractivity contribution in [3.05, 3.63) is 29.8 Å². The maximum absolute atomic E-state index is 9.88. The second kappa shape index (κ2) is 5.34. The molecule has 3 nitrogen and oxygen atoms in total. The lowest BCUT2D eigenvalue weighted by molar-refractivity contribution is 0.197. The zero-order chi connectivity index (χ0) is 13.9. The van der Waals surface area contributed by atoms with Crippen molar-refractivity contribution in [2.24, 2.45) is 5.41 Å². The van der Waals surface area contributed by atoms with Crippen LogP contribution >= 0.6 is 0 Å². The lowest BCUT2D eigenvalue weighted by Gasteiger charge is -2.20. The molecular weight excluding hydrogens is 226 g/mol. The van der Waals surface area contributed by atoms with Crippen LogP contribution in [0.4, 0.5) is 5.69 Å². The minimum atomic E-state index is 0.0845. The molecule has 0 fully saturated rings. The highest BCUT2D eigenvalue weighted by atomic mass is 16.5. The van der Waals surface area contributed by atoms with E-state index in [-0.39, 0.29) is 11.2 Å². The Morgan fingerprint density at radius 3 is 2.50 bits per heavy atom.